The Morgan fingerprint density at radius 2 is 1.79 bits per heavy atom. The Kier molecular flexibility index (Phi) is 9.22. The Bertz CT molecular complexity index is 1080. The molecule has 0 aliphatic carbocycles. The second-order valence-corrected chi connectivity index (χ2v) is 11.2. The van der Waals surface area contributed by atoms with Crippen LogP contribution < -0.4 is 15.2 Å². The molecule has 0 aromatic heterocycles. The van der Waals surface area contributed by atoms with Crippen LogP contribution in [0.25, 0.3) is 0 Å². The van der Waals surface area contributed by atoms with Crippen LogP contribution in [-0.4, -0.2) is 58.7 Å². The van der Waals surface area contributed by atoms with Crippen LogP contribution in [0.1, 0.15) is 42.5 Å². The Morgan fingerprint density at radius 1 is 1.12 bits per heavy atom. The summed E-state index contributed by atoms with van der Waals surface area (Å²) in [6, 6.07) is 9.69. The fraction of sp³-hybridized carbons (Fsp3) is 0.480. The standard InChI is InChI=1S/C25H33ClN2O5S/c1-32-19-5-7-20(8-6-19)34(30,31)15-3-12-28-13-10-18(11-14-28)4-9-24(29)21-16-22(26)23(27)17-25(21)33-2/h5-8,16-18H,3-4,9-15,27H2,1-2H3. The second-order valence-electron chi connectivity index (χ2n) is 8.67. The molecule has 1 aliphatic rings. The summed E-state index contributed by atoms with van der Waals surface area (Å²) in [4.78, 5) is 15.4. The van der Waals surface area contributed by atoms with Crippen LogP contribution in [0.5, 0.6) is 11.5 Å². The van der Waals surface area contributed by atoms with Crippen molar-refractivity contribution in [3.05, 3.63) is 47.0 Å². The number of carbonyl (C=O) groups excluding carboxylic acids is 1. The largest absolute Gasteiger partial charge is 0.497 e. The van der Waals surface area contributed by atoms with Gasteiger partial charge < -0.3 is 20.1 Å². The van der Waals surface area contributed by atoms with Crippen LogP contribution in [0, 0.1) is 5.92 Å². The number of anilines is 1. The zero-order chi connectivity index (χ0) is 24.7. The molecule has 1 saturated heterocycles. The lowest BCUT2D eigenvalue weighted by Gasteiger charge is -2.31. The van der Waals surface area contributed by atoms with Gasteiger partial charge in [-0.15, -0.1) is 0 Å². The van der Waals surface area contributed by atoms with E-state index in [0.29, 0.717) is 51.4 Å². The third kappa shape index (κ3) is 6.87. The van der Waals surface area contributed by atoms with E-state index in [4.69, 9.17) is 26.8 Å². The highest BCUT2D eigenvalue weighted by Gasteiger charge is 2.22. The van der Waals surface area contributed by atoms with Gasteiger partial charge in [0.15, 0.2) is 15.6 Å². The van der Waals surface area contributed by atoms with Crippen LogP contribution in [0.2, 0.25) is 5.02 Å². The molecule has 1 fully saturated rings. The van der Waals surface area contributed by atoms with Gasteiger partial charge in [0.25, 0.3) is 0 Å². The Hall–Kier alpha value is -2.29. The summed E-state index contributed by atoms with van der Waals surface area (Å²) < 4.78 is 35.5. The van der Waals surface area contributed by atoms with Gasteiger partial charge in [-0.25, -0.2) is 8.42 Å². The van der Waals surface area contributed by atoms with Crippen molar-refractivity contribution in [1.29, 1.82) is 0 Å². The molecule has 0 radical (unpaired) electrons. The first kappa shape index (κ1) is 26.3. The molecule has 0 atom stereocenters. The number of halogens is 1. The number of benzene rings is 2. The molecule has 2 N–H and O–H groups in total. The van der Waals surface area contributed by atoms with Crippen LogP contribution in [0.3, 0.4) is 0 Å². The first-order valence-corrected chi connectivity index (χ1v) is 13.5. The SMILES string of the molecule is COc1ccc(S(=O)(=O)CCCN2CCC(CCC(=O)c3cc(Cl)c(N)cc3OC)CC2)cc1. The molecule has 0 unspecified atom stereocenters. The molecule has 2 aromatic carbocycles. The van der Waals surface area contributed by atoms with Crippen LogP contribution >= 0.6 is 11.6 Å². The number of likely N-dealkylation sites (tertiary alicyclic amines) is 1. The Balaban J connectivity index is 1.41. The van der Waals surface area contributed by atoms with Gasteiger partial charge in [0, 0.05) is 12.5 Å². The normalized spacial score (nSPS) is 15.3. The summed E-state index contributed by atoms with van der Waals surface area (Å²) in [6.45, 7) is 2.58. The third-order valence-corrected chi connectivity index (χ3v) is 8.56. The Labute approximate surface area is 207 Å². The maximum Gasteiger partial charge on any atom is 0.178 e. The molecular weight excluding hydrogens is 476 g/mol. The van der Waals surface area contributed by atoms with Crippen molar-refractivity contribution < 1.29 is 22.7 Å². The second kappa shape index (κ2) is 11.9. The van der Waals surface area contributed by atoms with Crippen LogP contribution in [0.4, 0.5) is 5.69 Å². The molecular formula is C25H33ClN2O5S. The Morgan fingerprint density at radius 3 is 2.41 bits per heavy atom. The molecule has 7 nitrogen and oxygen atoms in total. The predicted molar refractivity (Wildman–Crippen MR) is 135 cm³/mol. The van der Waals surface area contributed by atoms with E-state index < -0.39 is 9.84 Å². The van der Waals surface area contributed by atoms with Crippen molar-refractivity contribution in [2.45, 2.75) is 37.0 Å². The number of rotatable bonds is 11. The highest BCUT2D eigenvalue weighted by molar-refractivity contribution is 7.91. The van der Waals surface area contributed by atoms with E-state index in [1.807, 2.05) is 0 Å². The number of carbonyl (C=O) groups is 1. The van der Waals surface area contributed by atoms with Crippen LogP contribution in [-0.2, 0) is 9.84 Å². The minimum atomic E-state index is -3.30. The molecule has 2 aromatic rings. The van der Waals surface area contributed by atoms with Crippen LogP contribution in [0.15, 0.2) is 41.3 Å². The van der Waals surface area contributed by atoms with Gasteiger partial charge in [-0.3, -0.25) is 4.79 Å². The molecule has 9 heteroatoms. The lowest BCUT2D eigenvalue weighted by molar-refractivity contribution is 0.0959. The summed E-state index contributed by atoms with van der Waals surface area (Å²) in [7, 11) is -0.236. The summed E-state index contributed by atoms with van der Waals surface area (Å²) in [5.74, 6) is 1.69. The zero-order valence-electron chi connectivity index (χ0n) is 19.8. The smallest absolute Gasteiger partial charge is 0.178 e. The summed E-state index contributed by atoms with van der Waals surface area (Å²) in [5, 5.41) is 0.353. The van der Waals surface area contributed by atoms with Gasteiger partial charge >= 0.3 is 0 Å². The molecule has 0 saturated carbocycles. The molecule has 186 valence electrons. The van der Waals surface area contributed by atoms with E-state index in [0.717, 1.165) is 38.9 Å². The molecule has 0 bridgehead atoms. The van der Waals surface area contributed by atoms with E-state index in [1.165, 1.54) is 7.11 Å². The molecule has 34 heavy (non-hydrogen) atoms. The molecule has 3 rings (SSSR count). The first-order chi connectivity index (χ1) is 16.2. The van der Waals surface area contributed by atoms with Gasteiger partial charge in [-0.1, -0.05) is 11.6 Å². The van der Waals surface area contributed by atoms with Crippen molar-refractivity contribution in [3.8, 4) is 11.5 Å². The maximum atomic E-state index is 12.7. The topological polar surface area (TPSA) is 98.9 Å². The van der Waals surface area contributed by atoms with Crippen molar-refractivity contribution >= 4 is 32.9 Å². The summed E-state index contributed by atoms with van der Waals surface area (Å²) >= 11 is 6.09. The number of nitrogens with two attached hydrogens (primary N) is 1. The van der Waals surface area contributed by atoms with E-state index in [-0.39, 0.29) is 11.5 Å². The third-order valence-electron chi connectivity index (χ3n) is 6.41. The minimum absolute atomic E-state index is 0.00455. The van der Waals surface area contributed by atoms with Gasteiger partial charge in [-0.05, 0) is 81.6 Å². The quantitative estimate of drug-likeness (QED) is 0.353. The number of sulfone groups is 1. The lowest BCUT2D eigenvalue weighted by atomic mass is 9.90. The zero-order valence-corrected chi connectivity index (χ0v) is 21.3. The van der Waals surface area contributed by atoms with Gasteiger partial charge in [0.1, 0.15) is 11.5 Å². The number of hydrogen-bond acceptors (Lipinski definition) is 7. The van der Waals surface area contributed by atoms with E-state index in [2.05, 4.69) is 4.90 Å². The lowest BCUT2D eigenvalue weighted by Crippen LogP contribution is -2.35. The number of nitrogen functional groups attached to an aromatic ring is 1. The predicted octanol–water partition coefficient (Wildman–Crippen LogP) is 4.48. The highest BCUT2D eigenvalue weighted by Crippen LogP contribution is 2.31. The van der Waals surface area contributed by atoms with Gasteiger partial charge in [0.05, 0.1) is 41.1 Å². The number of piperidine rings is 1. The molecule has 0 spiro atoms. The van der Waals surface area contributed by atoms with E-state index in [9.17, 15) is 13.2 Å². The van der Waals surface area contributed by atoms with Crippen molar-refractivity contribution in [1.82, 2.24) is 4.90 Å². The van der Waals surface area contributed by atoms with E-state index >= 15 is 0 Å². The van der Waals surface area contributed by atoms with Gasteiger partial charge in [-0.2, -0.15) is 0 Å². The van der Waals surface area contributed by atoms with Gasteiger partial charge in [0.2, 0.25) is 0 Å². The maximum absolute atomic E-state index is 12.7. The minimum Gasteiger partial charge on any atom is -0.497 e. The fourth-order valence-electron chi connectivity index (χ4n) is 4.30. The number of Topliss-reactive ketones (excluding diaryl/α,β-unsaturated/α-hetero) is 1. The molecule has 1 aliphatic heterocycles. The summed E-state index contributed by atoms with van der Waals surface area (Å²) in [5.41, 5.74) is 6.66. The van der Waals surface area contributed by atoms with E-state index in [1.54, 1.807) is 43.5 Å². The molecule has 1 heterocycles. The number of ether oxygens (including phenoxy) is 2. The van der Waals surface area contributed by atoms with Crippen molar-refractivity contribution in [2.24, 2.45) is 5.92 Å². The van der Waals surface area contributed by atoms with Crippen molar-refractivity contribution in [3.63, 3.8) is 0 Å². The fourth-order valence-corrected chi connectivity index (χ4v) is 5.76. The first-order valence-electron chi connectivity index (χ1n) is 11.5. The average molecular weight is 509 g/mol. The highest BCUT2D eigenvalue weighted by atomic mass is 35.5. The molecule has 0 amide bonds. The average Bonchev–Trinajstić information content (AvgIpc) is 2.84. The number of methoxy groups -OCH3 is 2. The summed E-state index contributed by atoms with van der Waals surface area (Å²) in [6.07, 6.45) is 3.83. The van der Waals surface area contributed by atoms with Crippen molar-refractivity contribution in [2.75, 3.05) is 45.3 Å². The number of hydrogen-bond donors (Lipinski definition) is 1. The number of nitrogens with zero attached hydrogens (tertiary/aromatic N) is 1. The number of ketones is 1. The monoisotopic (exact) mass is 508 g/mol.